The Morgan fingerprint density at radius 1 is 1.09 bits per heavy atom. The second kappa shape index (κ2) is 8.71. The summed E-state index contributed by atoms with van der Waals surface area (Å²) in [7, 11) is 1.97. The quantitative estimate of drug-likeness (QED) is 0.508. The predicted molar refractivity (Wildman–Crippen MR) is 58.1 cm³/mol. The SMILES string of the molecule is CNCCN(CCS)CCS. The highest BCUT2D eigenvalue weighted by molar-refractivity contribution is 7.80. The van der Waals surface area contributed by atoms with Gasteiger partial charge in [-0.05, 0) is 7.05 Å². The molecule has 0 aliphatic heterocycles. The van der Waals surface area contributed by atoms with Crippen LogP contribution in [0.15, 0.2) is 0 Å². The maximum absolute atomic E-state index is 4.19. The molecule has 0 aliphatic carbocycles. The molecule has 0 atom stereocenters. The van der Waals surface area contributed by atoms with Crippen molar-refractivity contribution in [3.8, 4) is 0 Å². The fraction of sp³-hybridized carbons (Fsp3) is 1.00. The molecule has 4 heteroatoms. The van der Waals surface area contributed by atoms with Gasteiger partial charge in [0.15, 0.2) is 0 Å². The third-order valence-corrected chi connectivity index (χ3v) is 1.91. The first-order valence-corrected chi connectivity index (χ1v) is 5.20. The van der Waals surface area contributed by atoms with Crippen molar-refractivity contribution in [1.82, 2.24) is 10.2 Å². The Hall–Kier alpha value is 0.620. The van der Waals surface area contributed by atoms with E-state index in [2.05, 4.69) is 35.5 Å². The molecule has 2 nitrogen and oxygen atoms in total. The van der Waals surface area contributed by atoms with Gasteiger partial charge >= 0.3 is 0 Å². The van der Waals surface area contributed by atoms with Crippen molar-refractivity contribution in [3.05, 3.63) is 0 Å². The van der Waals surface area contributed by atoms with Crippen molar-refractivity contribution in [2.45, 2.75) is 0 Å². The molecule has 0 saturated carbocycles. The number of hydrogen-bond acceptors (Lipinski definition) is 4. The highest BCUT2D eigenvalue weighted by Crippen LogP contribution is 1.89. The molecule has 0 saturated heterocycles. The van der Waals surface area contributed by atoms with E-state index in [0.717, 1.165) is 37.7 Å². The van der Waals surface area contributed by atoms with Crippen molar-refractivity contribution in [2.24, 2.45) is 0 Å². The summed E-state index contributed by atoms with van der Waals surface area (Å²) in [5, 5.41) is 3.12. The average Bonchev–Trinajstić information content (AvgIpc) is 2.01. The molecule has 0 aromatic rings. The molecule has 0 amide bonds. The third kappa shape index (κ3) is 7.00. The lowest BCUT2D eigenvalue weighted by Gasteiger charge is -2.19. The van der Waals surface area contributed by atoms with Crippen molar-refractivity contribution in [1.29, 1.82) is 0 Å². The van der Waals surface area contributed by atoms with Gasteiger partial charge in [-0.2, -0.15) is 25.3 Å². The molecule has 0 aromatic carbocycles. The first-order chi connectivity index (χ1) is 5.35. The zero-order valence-corrected chi connectivity index (χ0v) is 8.87. The molecule has 11 heavy (non-hydrogen) atoms. The highest BCUT2D eigenvalue weighted by Gasteiger charge is 2.00. The fourth-order valence-corrected chi connectivity index (χ4v) is 1.45. The van der Waals surface area contributed by atoms with E-state index in [4.69, 9.17) is 0 Å². The lowest BCUT2D eigenvalue weighted by molar-refractivity contribution is 0.311. The zero-order chi connectivity index (χ0) is 8.53. The van der Waals surface area contributed by atoms with Crippen LogP contribution < -0.4 is 5.32 Å². The molecule has 1 N–H and O–H groups in total. The summed E-state index contributed by atoms with van der Waals surface area (Å²) in [6, 6.07) is 0. The molecule has 68 valence electrons. The Morgan fingerprint density at radius 3 is 2.00 bits per heavy atom. The second-order valence-electron chi connectivity index (χ2n) is 2.39. The normalized spacial score (nSPS) is 10.9. The van der Waals surface area contributed by atoms with E-state index in [0.29, 0.717) is 0 Å². The molecule has 0 radical (unpaired) electrons. The van der Waals surface area contributed by atoms with Gasteiger partial charge in [0.2, 0.25) is 0 Å². The van der Waals surface area contributed by atoms with Crippen LogP contribution >= 0.6 is 25.3 Å². The van der Waals surface area contributed by atoms with Crippen LogP contribution in [-0.4, -0.2) is 49.6 Å². The van der Waals surface area contributed by atoms with Crippen molar-refractivity contribution in [2.75, 3.05) is 44.7 Å². The Bertz CT molecular complexity index is 74.8. The van der Waals surface area contributed by atoms with Crippen molar-refractivity contribution in [3.63, 3.8) is 0 Å². The minimum Gasteiger partial charge on any atom is -0.318 e. The molecule has 0 aliphatic rings. The van der Waals surface area contributed by atoms with E-state index < -0.39 is 0 Å². The van der Waals surface area contributed by atoms with Gasteiger partial charge < -0.3 is 10.2 Å². The number of likely N-dealkylation sites (N-methyl/N-ethyl adjacent to an activating group) is 1. The Balaban J connectivity index is 3.34. The molecule has 0 unspecified atom stereocenters. The zero-order valence-electron chi connectivity index (χ0n) is 7.08. The minimum absolute atomic E-state index is 0.928. The lowest BCUT2D eigenvalue weighted by Crippen LogP contribution is -2.33. The molecule has 0 fully saturated rings. The smallest absolute Gasteiger partial charge is 0.0107 e. The number of hydrogen-bond donors (Lipinski definition) is 3. The molecular formula is C7H18N2S2. The van der Waals surface area contributed by atoms with Gasteiger partial charge in [-0.15, -0.1) is 0 Å². The maximum Gasteiger partial charge on any atom is 0.0107 e. The first-order valence-electron chi connectivity index (χ1n) is 3.93. The number of thiol groups is 2. The van der Waals surface area contributed by atoms with Gasteiger partial charge in [-0.3, -0.25) is 0 Å². The molecule has 0 heterocycles. The molecule has 0 rings (SSSR count). The van der Waals surface area contributed by atoms with E-state index in [1.54, 1.807) is 0 Å². The van der Waals surface area contributed by atoms with E-state index in [-0.39, 0.29) is 0 Å². The van der Waals surface area contributed by atoms with Crippen LogP contribution in [0.1, 0.15) is 0 Å². The van der Waals surface area contributed by atoms with Gasteiger partial charge in [-0.25, -0.2) is 0 Å². The molecule has 0 aromatic heterocycles. The second-order valence-corrected chi connectivity index (χ2v) is 3.29. The van der Waals surface area contributed by atoms with Crippen molar-refractivity contribution >= 4 is 25.3 Å². The van der Waals surface area contributed by atoms with E-state index in [9.17, 15) is 0 Å². The maximum atomic E-state index is 4.19. The van der Waals surface area contributed by atoms with Gasteiger partial charge in [0.05, 0.1) is 0 Å². The van der Waals surface area contributed by atoms with Crippen LogP contribution in [-0.2, 0) is 0 Å². The largest absolute Gasteiger partial charge is 0.318 e. The Labute approximate surface area is 80.5 Å². The number of nitrogens with one attached hydrogen (secondary N) is 1. The number of rotatable bonds is 7. The van der Waals surface area contributed by atoms with Crippen LogP contribution in [0.5, 0.6) is 0 Å². The molecule has 0 bridgehead atoms. The van der Waals surface area contributed by atoms with Gasteiger partial charge in [0, 0.05) is 37.7 Å². The van der Waals surface area contributed by atoms with Gasteiger partial charge in [0.1, 0.15) is 0 Å². The van der Waals surface area contributed by atoms with Crippen LogP contribution in [0, 0.1) is 0 Å². The third-order valence-electron chi connectivity index (χ3n) is 1.51. The number of nitrogens with zero attached hydrogens (tertiary/aromatic N) is 1. The summed E-state index contributed by atoms with van der Waals surface area (Å²) in [4.78, 5) is 2.36. The first kappa shape index (κ1) is 11.6. The summed E-state index contributed by atoms with van der Waals surface area (Å²) in [5.41, 5.74) is 0. The highest BCUT2D eigenvalue weighted by atomic mass is 32.1. The summed E-state index contributed by atoms with van der Waals surface area (Å²) < 4.78 is 0. The van der Waals surface area contributed by atoms with Crippen LogP contribution in [0.4, 0.5) is 0 Å². The fourth-order valence-electron chi connectivity index (χ4n) is 0.888. The minimum atomic E-state index is 0.928. The van der Waals surface area contributed by atoms with Gasteiger partial charge in [0.25, 0.3) is 0 Å². The van der Waals surface area contributed by atoms with Crippen LogP contribution in [0.2, 0.25) is 0 Å². The van der Waals surface area contributed by atoms with Crippen molar-refractivity contribution < 1.29 is 0 Å². The summed E-state index contributed by atoms with van der Waals surface area (Å²) >= 11 is 8.38. The molecule has 0 spiro atoms. The van der Waals surface area contributed by atoms with E-state index in [1.807, 2.05) is 7.05 Å². The summed E-state index contributed by atoms with van der Waals surface area (Å²) in [6.45, 7) is 4.26. The van der Waals surface area contributed by atoms with Crippen LogP contribution in [0.25, 0.3) is 0 Å². The standard InChI is InChI=1S/C7H18N2S2/c1-8-2-3-9(4-6-10)5-7-11/h8,10-11H,2-7H2,1H3. The Morgan fingerprint density at radius 2 is 1.64 bits per heavy atom. The summed E-state index contributed by atoms with van der Waals surface area (Å²) in [5.74, 6) is 1.86. The average molecular weight is 194 g/mol. The topological polar surface area (TPSA) is 15.3 Å². The molecular weight excluding hydrogens is 176 g/mol. The lowest BCUT2D eigenvalue weighted by atomic mass is 10.4. The monoisotopic (exact) mass is 194 g/mol. The van der Waals surface area contributed by atoms with Crippen LogP contribution in [0.3, 0.4) is 0 Å². The summed E-state index contributed by atoms with van der Waals surface area (Å²) in [6.07, 6.45) is 0. The van der Waals surface area contributed by atoms with E-state index in [1.165, 1.54) is 0 Å². The Kier molecular flexibility index (Phi) is 9.21. The van der Waals surface area contributed by atoms with E-state index >= 15 is 0 Å². The predicted octanol–water partition coefficient (Wildman–Crippen LogP) is 0.367. The van der Waals surface area contributed by atoms with Gasteiger partial charge in [-0.1, -0.05) is 0 Å².